The molecule has 2 aliphatic rings. The number of amides is 1. The highest BCUT2D eigenvalue weighted by Gasteiger charge is 2.27. The van der Waals surface area contributed by atoms with Gasteiger partial charge in [-0.05, 0) is 38.5 Å². The van der Waals surface area contributed by atoms with Crippen LogP contribution in [0.4, 0.5) is 0 Å². The maximum Gasteiger partial charge on any atom is 0.237 e. The largest absolute Gasteiger partial charge is 0.378 e. The van der Waals surface area contributed by atoms with Crippen LogP contribution in [0.3, 0.4) is 0 Å². The molecule has 0 aromatic rings. The van der Waals surface area contributed by atoms with Crippen molar-refractivity contribution in [3.8, 4) is 0 Å². The molecule has 0 bridgehead atoms. The number of nitrogens with one attached hydrogen (secondary N) is 2. The average Bonchev–Trinajstić information content (AvgIpc) is 3.06. The van der Waals surface area contributed by atoms with Crippen molar-refractivity contribution in [2.45, 2.75) is 70.6 Å². The minimum absolute atomic E-state index is 0.0984. The van der Waals surface area contributed by atoms with Gasteiger partial charge in [-0.3, -0.25) is 4.79 Å². The Balaban J connectivity index is 1.68. The van der Waals surface area contributed by atoms with E-state index in [1.54, 1.807) is 0 Å². The first-order valence-electron chi connectivity index (χ1n) is 7.86. The fraction of sp³-hybridized carbons (Fsp3) is 0.933. The van der Waals surface area contributed by atoms with E-state index >= 15 is 0 Å². The van der Waals surface area contributed by atoms with E-state index in [-0.39, 0.29) is 11.9 Å². The number of hydrogen-bond donors (Lipinski definition) is 2. The Morgan fingerprint density at radius 3 is 2.74 bits per heavy atom. The zero-order valence-electron chi connectivity index (χ0n) is 12.3. The van der Waals surface area contributed by atoms with Crippen LogP contribution < -0.4 is 10.6 Å². The number of hydrogen-bond acceptors (Lipinski definition) is 3. The average molecular weight is 268 g/mol. The second-order valence-corrected chi connectivity index (χ2v) is 5.99. The lowest BCUT2D eigenvalue weighted by molar-refractivity contribution is -0.123. The minimum atomic E-state index is -0.0984. The molecule has 110 valence electrons. The second-order valence-electron chi connectivity index (χ2n) is 5.99. The Labute approximate surface area is 116 Å². The van der Waals surface area contributed by atoms with Crippen molar-refractivity contribution in [2.75, 3.05) is 13.2 Å². The van der Waals surface area contributed by atoms with E-state index in [1.165, 1.54) is 12.8 Å². The molecule has 3 atom stereocenters. The molecule has 1 aliphatic heterocycles. The third kappa shape index (κ3) is 4.18. The molecule has 4 nitrogen and oxygen atoms in total. The fourth-order valence-electron chi connectivity index (χ4n) is 3.19. The first kappa shape index (κ1) is 14.8. The quantitative estimate of drug-likeness (QED) is 0.773. The highest BCUT2D eigenvalue weighted by molar-refractivity contribution is 5.81. The standard InChI is InChI=1S/C15H28N2O2/c1-3-14-12(8-9-19-14)10-16-11(2)15(18)17-13-6-4-5-7-13/h11-14,16H,3-10H2,1-2H3,(H,17,18). The number of carbonyl (C=O) groups excluding carboxylic acids is 1. The Bertz CT molecular complexity index is 290. The maximum atomic E-state index is 12.1. The van der Waals surface area contributed by atoms with Crippen molar-refractivity contribution >= 4 is 5.91 Å². The Hall–Kier alpha value is -0.610. The number of rotatable bonds is 6. The lowest BCUT2D eigenvalue weighted by Crippen LogP contribution is -2.47. The van der Waals surface area contributed by atoms with E-state index in [4.69, 9.17) is 4.74 Å². The summed E-state index contributed by atoms with van der Waals surface area (Å²) in [6, 6.07) is 0.314. The molecule has 0 spiro atoms. The highest BCUT2D eigenvalue weighted by atomic mass is 16.5. The van der Waals surface area contributed by atoms with Gasteiger partial charge in [0.05, 0.1) is 12.1 Å². The monoisotopic (exact) mass is 268 g/mol. The van der Waals surface area contributed by atoms with E-state index in [1.807, 2.05) is 6.92 Å². The minimum Gasteiger partial charge on any atom is -0.378 e. The molecule has 2 rings (SSSR count). The SMILES string of the molecule is CCC1OCCC1CNC(C)C(=O)NC1CCCC1. The van der Waals surface area contributed by atoms with Crippen LogP contribution in [0.1, 0.15) is 52.4 Å². The summed E-state index contributed by atoms with van der Waals surface area (Å²) < 4.78 is 5.67. The molecular formula is C15H28N2O2. The van der Waals surface area contributed by atoms with Crippen molar-refractivity contribution in [2.24, 2.45) is 5.92 Å². The van der Waals surface area contributed by atoms with Crippen LogP contribution in [0.2, 0.25) is 0 Å². The van der Waals surface area contributed by atoms with Crippen LogP contribution in [0.15, 0.2) is 0 Å². The maximum absolute atomic E-state index is 12.1. The third-order valence-electron chi connectivity index (χ3n) is 4.53. The molecule has 1 saturated carbocycles. The first-order valence-corrected chi connectivity index (χ1v) is 7.86. The molecule has 0 aromatic heterocycles. The Morgan fingerprint density at radius 1 is 1.32 bits per heavy atom. The smallest absolute Gasteiger partial charge is 0.237 e. The third-order valence-corrected chi connectivity index (χ3v) is 4.53. The Morgan fingerprint density at radius 2 is 2.05 bits per heavy atom. The molecule has 19 heavy (non-hydrogen) atoms. The topological polar surface area (TPSA) is 50.4 Å². The predicted octanol–water partition coefficient (Wildman–Crippen LogP) is 1.84. The predicted molar refractivity (Wildman–Crippen MR) is 76.0 cm³/mol. The molecule has 0 radical (unpaired) electrons. The molecule has 1 aliphatic carbocycles. The van der Waals surface area contributed by atoms with Crippen LogP contribution in [0, 0.1) is 5.92 Å². The van der Waals surface area contributed by atoms with Crippen LogP contribution in [0.5, 0.6) is 0 Å². The van der Waals surface area contributed by atoms with Crippen molar-refractivity contribution in [1.82, 2.24) is 10.6 Å². The molecule has 1 amide bonds. The van der Waals surface area contributed by atoms with E-state index < -0.39 is 0 Å². The summed E-state index contributed by atoms with van der Waals surface area (Å²) in [6.07, 6.45) is 7.35. The van der Waals surface area contributed by atoms with Gasteiger partial charge in [0.2, 0.25) is 5.91 Å². The van der Waals surface area contributed by atoms with Gasteiger partial charge in [-0.15, -0.1) is 0 Å². The van der Waals surface area contributed by atoms with E-state index in [2.05, 4.69) is 17.6 Å². The van der Waals surface area contributed by atoms with Gasteiger partial charge >= 0.3 is 0 Å². The highest BCUT2D eigenvalue weighted by Crippen LogP contribution is 2.22. The van der Waals surface area contributed by atoms with Crippen molar-refractivity contribution in [1.29, 1.82) is 0 Å². The van der Waals surface area contributed by atoms with Gasteiger partial charge in [0, 0.05) is 19.2 Å². The second kappa shape index (κ2) is 7.25. The van der Waals surface area contributed by atoms with Crippen molar-refractivity contribution < 1.29 is 9.53 Å². The van der Waals surface area contributed by atoms with E-state index in [0.717, 1.165) is 38.8 Å². The van der Waals surface area contributed by atoms with Crippen LogP contribution >= 0.6 is 0 Å². The van der Waals surface area contributed by atoms with Crippen molar-refractivity contribution in [3.05, 3.63) is 0 Å². The zero-order chi connectivity index (χ0) is 13.7. The fourth-order valence-corrected chi connectivity index (χ4v) is 3.19. The molecule has 4 heteroatoms. The molecule has 2 N–H and O–H groups in total. The summed E-state index contributed by atoms with van der Waals surface area (Å²) in [5.41, 5.74) is 0. The van der Waals surface area contributed by atoms with Crippen LogP contribution in [0.25, 0.3) is 0 Å². The van der Waals surface area contributed by atoms with E-state index in [9.17, 15) is 4.79 Å². The molecular weight excluding hydrogens is 240 g/mol. The van der Waals surface area contributed by atoms with Gasteiger partial charge in [-0.1, -0.05) is 19.8 Å². The molecule has 1 heterocycles. The lowest BCUT2D eigenvalue weighted by atomic mass is 9.99. The molecule has 0 aromatic carbocycles. The number of ether oxygens (including phenoxy) is 1. The van der Waals surface area contributed by atoms with Crippen molar-refractivity contribution in [3.63, 3.8) is 0 Å². The van der Waals surface area contributed by atoms with Gasteiger partial charge < -0.3 is 15.4 Å². The molecule has 3 unspecified atom stereocenters. The molecule has 2 fully saturated rings. The first-order chi connectivity index (χ1) is 9.20. The summed E-state index contributed by atoms with van der Waals surface area (Å²) in [5, 5.41) is 6.52. The molecule has 1 saturated heterocycles. The summed E-state index contributed by atoms with van der Waals surface area (Å²) in [4.78, 5) is 12.1. The van der Waals surface area contributed by atoms with Gasteiger partial charge in [-0.25, -0.2) is 0 Å². The van der Waals surface area contributed by atoms with Gasteiger partial charge in [0.1, 0.15) is 0 Å². The normalized spacial score (nSPS) is 29.6. The summed E-state index contributed by atoms with van der Waals surface area (Å²) in [6.45, 7) is 5.88. The Kier molecular flexibility index (Phi) is 5.64. The van der Waals surface area contributed by atoms with Crippen LogP contribution in [-0.4, -0.2) is 37.2 Å². The van der Waals surface area contributed by atoms with Gasteiger partial charge in [0.25, 0.3) is 0 Å². The van der Waals surface area contributed by atoms with Crippen LogP contribution in [-0.2, 0) is 9.53 Å². The number of carbonyl (C=O) groups is 1. The summed E-state index contributed by atoms with van der Waals surface area (Å²) in [5.74, 6) is 0.714. The lowest BCUT2D eigenvalue weighted by Gasteiger charge is -2.21. The summed E-state index contributed by atoms with van der Waals surface area (Å²) >= 11 is 0. The zero-order valence-corrected chi connectivity index (χ0v) is 12.3. The van der Waals surface area contributed by atoms with Gasteiger partial charge in [-0.2, -0.15) is 0 Å². The van der Waals surface area contributed by atoms with Gasteiger partial charge in [0.15, 0.2) is 0 Å². The summed E-state index contributed by atoms with van der Waals surface area (Å²) in [7, 11) is 0. The van der Waals surface area contributed by atoms with E-state index in [0.29, 0.717) is 18.1 Å².